The van der Waals surface area contributed by atoms with Crippen LogP contribution in [0.2, 0.25) is 0 Å². The summed E-state index contributed by atoms with van der Waals surface area (Å²) >= 11 is 0. The van der Waals surface area contributed by atoms with Gasteiger partial charge in [0.2, 0.25) is 5.95 Å². The molecule has 1 aliphatic carbocycles. The highest BCUT2D eigenvalue weighted by atomic mass is 16.5. The third kappa shape index (κ3) is 6.67. The zero-order valence-corrected chi connectivity index (χ0v) is 24.4. The second kappa shape index (κ2) is 12.7. The Hall–Kier alpha value is -5.71. The molecule has 1 aliphatic rings. The fraction of sp³-hybridized carbons (Fsp3) is 0.182. The Morgan fingerprint density at radius 2 is 1.70 bits per heavy atom. The zero-order valence-electron chi connectivity index (χ0n) is 24.4. The number of methoxy groups -OCH3 is 1. The lowest BCUT2D eigenvalue weighted by molar-refractivity contribution is -0.149. The van der Waals surface area contributed by atoms with Gasteiger partial charge >= 0.3 is 5.97 Å². The Morgan fingerprint density at radius 1 is 0.932 bits per heavy atom. The van der Waals surface area contributed by atoms with Gasteiger partial charge in [0.15, 0.2) is 5.78 Å². The van der Waals surface area contributed by atoms with Gasteiger partial charge in [-0.25, -0.2) is 9.97 Å². The maximum atomic E-state index is 13.1. The van der Waals surface area contributed by atoms with Crippen molar-refractivity contribution < 1.29 is 23.9 Å². The molecule has 0 bridgehead atoms. The van der Waals surface area contributed by atoms with Crippen LogP contribution in [-0.4, -0.2) is 45.6 Å². The van der Waals surface area contributed by atoms with Crippen molar-refractivity contribution in [1.82, 2.24) is 15.0 Å². The van der Waals surface area contributed by atoms with Crippen molar-refractivity contribution in [2.24, 2.45) is 5.41 Å². The number of hydrogen-bond donors (Lipinski definition) is 3. The summed E-state index contributed by atoms with van der Waals surface area (Å²) in [6.07, 6.45) is 6.76. The SMILES string of the molecule is COC(=O)[C@@]1(C)C=C(C(=O)Nc2cc(C(=O)Nc3ccc(Nc4nccc(-c5cccnc5)n4)cc3)ccc2C)C(=O)CC1. The molecule has 0 spiro atoms. The molecule has 0 saturated carbocycles. The van der Waals surface area contributed by atoms with Crippen LogP contribution < -0.4 is 16.0 Å². The Kier molecular flexibility index (Phi) is 8.56. The molecule has 4 aromatic rings. The van der Waals surface area contributed by atoms with Crippen LogP contribution in [0.4, 0.5) is 23.0 Å². The van der Waals surface area contributed by atoms with E-state index in [1.165, 1.54) is 13.2 Å². The number of ether oxygens (including phenoxy) is 1. The number of nitrogens with one attached hydrogen (secondary N) is 3. The zero-order chi connectivity index (χ0) is 31.3. The van der Waals surface area contributed by atoms with E-state index in [9.17, 15) is 19.2 Å². The van der Waals surface area contributed by atoms with Gasteiger partial charge in [0.1, 0.15) is 0 Å². The van der Waals surface area contributed by atoms with Crippen molar-refractivity contribution in [3.63, 3.8) is 0 Å². The first-order valence-electron chi connectivity index (χ1n) is 13.8. The molecule has 2 heterocycles. The van der Waals surface area contributed by atoms with Crippen LogP contribution in [0.15, 0.2) is 90.9 Å². The second-order valence-electron chi connectivity index (χ2n) is 10.5. The lowest BCUT2D eigenvalue weighted by Gasteiger charge is -2.27. The highest BCUT2D eigenvalue weighted by Crippen LogP contribution is 2.34. The number of anilines is 4. The average molecular weight is 591 g/mol. The van der Waals surface area contributed by atoms with Crippen LogP contribution in [0.1, 0.15) is 35.7 Å². The summed E-state index contributed by atoms with van der Waals surface area (Å²) in [5.41, 5.74) is 3.06. The number of carbonyl (C=O) groups excluding carboxylic acids is 4. The molecule has 0 unspecified atom stereocenters. The van der Waals surface area contributed by atoms with Crippen LogP contribution in [0.5, 0.6) is 0 Å². The summed E-state index contributed by atoms with van der Waals surface area (Å²) in [6, 6.07) is 17.5. The molecule has 44 heavy (non-hydrogen) atoms. The number of esters is 1. The summed E-state index contributed by atoms with van der Waals surface area (Å²) in [6.45, 7) is 3.40. The quantitative estimate of drug-likeness (QED) is 0.184. The number of Topliss-reactive ketones (excluding diaryl/α,β-unsaturated/α-hetero) is 1. The van der Waals surface area contributed by atoms with Gasteiger partial charge < -0.3 is 20.7 Å². The van der Waals surface area contributed by atoms with Gasteiger partial charge in [0, 0.05) is 53.2 Å². The van der Waals surface area contributed by atoms with Gasteiger partial charge in [0.25, 0.3) is 11.8 Å². The summed E-state index contributed by atoms with van der Waals surface area (Å²) in [4.78, 5) is 63.9. The Morgan fingerprint density at radius 3 is 2.43 bits per heavy atom. The molecule has 11 nitrogen and oxygen atoms in total. The molecule has 2 aromatic heterocycles. The number of nitrogens with zero attached hydrogens (tertiary/aromatic N) is 3. The van der Waals surface area contributed by atoms with Crippen molar-refractivity contribution in [3.05, 3.63) is 102 Å². The monoisotopic (exact) mass is 590 g/mol. The molecular weight excluding hydrogens is 560 g/mol. The number of aromatic nitrogens is 3. The normalized spacial score (nSPS) is 16.0. The lowest BCUT2D eigenvalue weighted by atomic mass is 9.77. The second-order valence-corrected chi connectivity index (χ2v) is 10.5. The number of aryl methyl sites for hydroxylation is 1. The largest absolute Gasteiger partial charge is 0.468 e. The van der Waals surface area contributed by atoms with E-state index in [0.29, 0.717) is 28.5 Å². The molecule has 11 heteroatoms. The molecule has 0 aliphatic heterocycles. The van der Waals surface area contributed by atoms with Crippen LogP contribution in [-0.2, 0) is 19.1 Å². The molecule has 5 rings (SSSR count). The van der Waals surface area contributed by atoms with Gasteiger partial charge in [-0.05, 0) is 80.4 Å². The maximum Gasteiger partial charge on any atom is 0.315 e. The van der Waals surface area contributed by atoms with Gasteiger partial charge in [-0.15, -0.1) is 0 Å². The van der Waals surface area contributed by atoms with E-state index in [1.807, 2.05) is 12.1 Å². The molecule has 2 amide bonds. The standard InChI is InChI=1S/C33H30N6O5/c1-20-6-7-21(17-27(20)38-30(42)25-18-33(2,31(43)44-3)14-12-28(25)40)29(41)36-23-8-10-24(11-9-23)37-32-35-16-13-26(39-32)22-5-4-15-34-19-22/h4-11,13,15-19H,12,14H2,1-3H3,(H,36,41)(H,38,42)(H,35,37,39)/t33-/m1/s1. The number of amides is 2. The maximum absolute atomic E-state index is 13.1. The van der Waals surface area contributed by atoms with E-state index in [2.05, 4.69) is 30.9 Å². The number of hydrogen-bond acceptors (Lipinski definition) is 9. The first-order chi connectivity index (χ1) is 21.1. The molecule has 222 valence electrons. The topological polar surface area (TPSA) is 152 Å². The van der Waals surface area contributed by atoms with E-state index in [-0.39, 0.29) is 30.1 Å². The Labute approximate surface area is 253 Å². The number of ketones is 1. The predicted molar refractivity (Wildman–Crippen MR) is 165 cm³/mol. The minimum absolute atomic E-state index is 0.0470. The molecule has 0 fully saturated rings. The number of benzene rings is 2. The van der Waals surface area contributed by atoms with Crippen molar-refractivity contribution in [2.75, 3.05) is 23.1 Å². The van der Waals surface area contributed by atoms with Crippen molar-refractivity contribution in [3.8, 4) is 11.3 Å². The fourth-order valence-electron chi connectivity index (χ4n) is 4.72. The minimum Gasteiger partial charge on any atom is -0.468 e. The van der Waals surface area contributed by atoms with Crippen LogP contribution in [0, 0.1) is 12.3 Å². The summed E-state index contributed by atoms with van der Waals surface area (Å²) < 4.78 is 4.86. The van der Waals surface area contributed by atoms with Gasteiger partial charge in [-0.1, -0.05) is 12.1 Å². The van der Waals surface area contributed by atoms with Crippen molar-refractivity contribution >= 4 is 46.6 Å². The van der Waals surface area contributed by atoms with Gasteiger partial charge in [-0.3, -0.25) is 24.2 Å². The van der Waals surface area contributed by atoms with E-state index in [1.54, 1.807) is 81.0 Å². The summed E-state index contributed by atoms with van der Waals surface area (Å²) in [5, 5.41) is 8.72. The highest BCUT2D eigenvalue weighted by molar-refractivity contribution is 6.24. The molecule has 0 saturated heterocycles. The molecule has 0 radical (unpaired) electrons. The van der Waals surface area contributed by atoms with Crippen molar-refractivity contribution in [1.29, 1.82) is 0 Å². The fourth-order valence-corrected chi connectivity index (χ4v) is 4.72. The van der Waals surface area contributed by atoms with Crippen LogP contribution >= 0.6 is 0 Å². The number of carbonyl (C=O) groups is 4. The number of rotatable bonds is 8. The van der Waals surface area contributed by atoms with E-state index in [0.717, 1.165) is 16.9 Å². The highest BCUT2D eigenvalue weighted by Gasteiger charge is 2.39. The Bertz CT molecular complexity index is 1770. The van der Waals surface area contributed by atoms with Crippen molar-refractivity contribution in [2.45, 2.75) is 26.7 Å². The molecule has 2 aromatic carbocycles. The lowest BCUT2D eigenvalue weighted by Crippen LogP contribution is -2.35. The van der Waals surface area contributed by atoms with E-state index >= 15 is 0 Å². The molecule has 3 N–H and O–H groups in total. The first-order valence-corrected chi connectivity index (χ1v) is 13.8. The van der Waals surface area contributed by atoms with E-state index < -0.39 is 17.3 Å². The first kappa shape index (κ1) is 29.8. The number of pyridine rings is 1. The Balaban J connectivity index is 1.25. The van der Waals surface area contributed by atoms with Crippen LogP contribution in [0.25, 0.3) is 11.3 Å². The van der Waals surface area contributed by atoms with Crippen LogP contribution in [0.3, 0.4) is 0 Å². The third-order valence-corrected chi connectivity index (χ3v) is 7.29. The average Bonchev–Trinajstić information content (AvgIpc) is 3.04. The molecule has 1 atom stereocenters. The summed E-state index contributed by atoms with van der Waals surface area (Å²) in [7, 11) is 1.27. The van der Waals surface area contributed by atoms with E-state index in [4.69, 9.17) is 4.74 Å². The minimum atomic E-state index is -1.08. The predicted octanol–water partition coefficient (Wildman–Crippen LogP) is 5.25. The van der Waals surface area contributed by atoms with Gasteiger partial charge in [0.05, 0.1) is 23.8 Å². The smallest absolute Gasteiger partial charge is 0.315 e. The molecular formula is C33H30N6O5. The summed E-state index contributed by atoms with van der Waals surface area (Å²) in [5.74, 6) is -1.50. The van der Waals surface area contributed by atoms with Gasteiger partial charge in [-0.2, -0.15) is 0 Å². The third-order valence-electron chi connectivity index (χ3n) is 7.29.